The third-order valence-corrected chi connectivity index (χ3v) is 5.54. The molecule has 0 radical (unpaired) electrons. The van der Waals surface area contributed by atoms with E-state index in [1.807, 2.05) is 30.4 Å². The first-order valence-electron chi connectivity index (χ1n) is 9.82. The number of hydrogen-bond acceptors (Lipinski definition) is 3. The van der Waals surface area contributed by atoms with Crippen molar-refractivity contribution in [2.45, 2.75) is 66.6 Å². The third kappa shape index (κ3) is 4.24. The summed E-state index contributed by atoms with van der Waals surface area (Å²) in [7, 11) is 0. The number of rotatable bonds is 4. The van der Waals surface area contributed by atoms with Crippen LogP contribution in [0.3, 0.4) is 0 Å². The average Bonchev–Trinajstić information content (AvgIpc) is 2.88. The monoisotopic (exact) mass is 369 g/mol. The van der Waals surface area contributed by atoms with E-state index in [4.69, 9.17) is 9.84 Å². The highest BCUT2D eigenvalue weighted by Gasteiger charge is 2.26. The van der Waals surface area contributed by atoms with Crippen LogP contribution < -0.4 is 0 Å². The van der Waals surface area contributed by atoms with Gasteiger partial charge < -0.3 is 9.64 Å². The van der Waals surface area contributed by atoms with Crippen molar-refractivity contribution in [3.63, 3.8) is 0 Å². The molecule has 0 saturated carbocycles. The van der Waals surface area contributed by atoms with E-state index in [0.29, 0.717) is 19.5 Å². The predicted molar refractivity (Wildman–Crippen MR) is 107 cm³/mol. The van der Waals surface area contributed by atoms with Gasteiger partial charge in [0.1, 0.15) is 0 Å². The molecular weight excluding hydrogens is 338 g/mol. The first-order valence-corrected chi connectivity index (χ1v) is 9.82. The fourth-order valence-electron chi connectivity index (χ4n) is 3.92. The van der Waals surface area contributed by atoms with Crippen LogP contribution in [0.25, 0.3) is 5.69 Å². The molecule has 2 heterocycles. The lowest BCUT2D eigenvalue weighted by molar-refractivity contribution is -0.143. The number of aryl methyl sites for hydroxylation is 3. The van der Waals surface area contributed by atoms with Gasteiger partial charge in [0.05, 0.1) is 23.6 Å². The van der Waals surface area contributed by atoms with Gasteiger partial charge in [-0.1, -0.05) is 6.07 Å². The Morgan fingerprint density at radius 1 is 1.11 bits per heavy atom. The van der Waals surface area contributed by atoms with Gasteiger partial charge in [0, 0.05) is 25.2 Å². The van der Waals surface area contributed by atoms with E-state index in [2.05, 4.69) is 39.0 Å². The lowest BCUT2D eigenvalue weighted by Crippen LogP contribution is -2.48. The van der Waals surface area contributed by atoms with E-state index in [0.717, 1.165) is 23.5 Å². The summed E-state index contributed by atoms with van der Waals surface area (Å²) >= 11 is 0. The van der Waals surface area contributed by atoms with Gasteiger partial charge in [-0.25, -0.2) is 4.68 Å². The summed E-state index contributed by atoms with van der Waals surface area (Å²) in [5.41, 5.74) is 6.91. The molecule has 1 aliphatic rings. The minimum absolute atomic E-state index is 0.105. The van der Waals surface area contributed by atoms with Gasteiger partial charge >= 0.3 is 0 Å². The molecular formula is C22H31N3O2. The highest BCUT2D eigenvalue weighted by atomic mass is 16.5. The molecule has 27 heavy (non-hydrogen) atoms. The number of morpholine rings is 1. The molecule has 1 aliphatic heterocycles. The highest BCUT2D eigenvalue weighted by molar-refractivity contribution is 5.76. The quantitative estimate of drug-likeness (QED) is 0.826. The standard InChI is InChI=1S/C22H31N3O2/c1-14-7-8-20(11-15(14)2)25-19(6)21(18(5)23-25)9-10-22(26)24-12-16(3)27-17(4)13-24/h7-8,11,16-17H,9-10,12-13H2,1-6H3/t16-,17+. The second kappa shape index (κ2) is 7.85. The molecule has 1 aromatic carbocycles. The Balaban J connectivity index is 1.73. The Morgan fingerprint density at radius 2 is 1.78 bits per heavy atom. The first-order chi connectivity index (χ1) is 12.8. The normalized spacial score (nSPS) is 20.1. The maximum atomic E-state index is 12.7. The van der Waals surface area contributed by atoms with Crippen molar-refractivity contribution in [1.82, 2.24) is 14.7 Å². The van der Waals surface area contributed by atoms with Gasteiger partial charge in [0.25, 0.3) is 0 Å². The summed E-state index contributed by atoms with van der Waals surface area (Å²) in [5.74, 6) is 0.203. The minimum atomic E-state index is 0.105. The highest BCUT2D eigenvalue weighted by Crippen LogP contribution is 2.22. The van der Waals surface area contributed by atoms with Crippen LogP contribution in [0.1, 0.15) is 48.3 Å². The number of hydrogen-bond donors (Lipinski definition) is 0. The third-order valence-electron chi connectivity index (χ3n) is 5.54. The molecule has 0 spiro atoms. The zero-order valence-electron chi connectivity index (χ0n) is 17.4. The SMILES string of the molecule is Cc1ccc(-n2nc(C)c(CCC(=O)N3C[C@@H](C)O[C@@H](C)C3)c2C)cc1C. The Bertz CT molecular complexity index is 830. The summed E-state index contributed by atoms with van der Waals surface area (Å²) in [6.45, 7) is 13.8. The first kappa shape index (κ1) is 19.6. The van der Waals surface area contributed by atoms with Crippen LogP contribution in [-0.2, 0) is 16.0 Å². The average molecular weight is 370 g/mol. The van der Waals surface area contributed by atoms with Gasteiger partial charge in [0.2, 0.25) is 5.91 Å². The number of benzene rings is 1. The molecule has 3 rings (SSSR count). The van der Waals surface area contributed by atoms with Crippen molar-refractivity contribution in [2.24, 2.45) is 0 Å². The smallest absolute Gasteiger partial charge is 0.223 e. The van der Waals surface area contributed by atoms with Crippen LogP contribution in [-0.4, -0.2) is 45.9 Å². The second-order valence-electron chi connectivity index (χ2n) is 7.89. The molecule has 0 bridgehead atoms. The molecule has 1 saturated heterocycles. The maximum Gasteiger partial charge on any atom is 0.223 e. The second-order valence-corrected chi connectivity index (χ2v) is 7.89. The van der Waals surface area contributed by atoms with E-state index in [1.165, 1.54) is 16.7 Å². The van der Waals surface area contributed by atoms with Crippen LogP contribution >= 0.6 is 0 Å². The van der Waals surface area contributed by atoms with E-state index < -0.39 is 0 Å². The van der Waals surface area contributed by atoms with Gasteiger partial charge in [-0.2, -0.15) is 5.10 Å². The fraction of sp³-hybridized carbons (Fsp3) is 0.545. The minimum Gasteiger partial charge on any atom is -0.372 e. The number of nitrogens with zero attached hydrogens (tertiary/aromatic N) is 3. The molecule has 146 valence electrons. The summed E-state index contributed by atoms with van der Waals surface area (Å²) in [6, 6.07) is 6.40. The van der Waals surface area contributed by atoms with Gasteiger partial charge in [0.15, 0.2) is 0 Å². The van der Waals surface area contributed by atoms with Crippen molar-refractivity contribution in [3.8, 4) is 5.69 Å². The molecule has 0 N–H and O–H groups in total. The van der Waals surface area contributed by atoms with Crippen LogP contribution in [0.5, 0.6) is 0 Å². The predicted octanol–water partition coefficient (Wildman–Crippen LogP) is 3.67. The van der Waals surface area contributed by atoms with Crippen molar-refractivity contribution in [2.75, 3.05) is 13.1 Å². The van der Waals surface area contributed by atoms with Crippen LogP contribution in [0.15, 0.2) is 18.2 Å². The lowest BCUT2D eigenvalue weighted by Gasteiger charge is -2.35. The van der Waals surface area contributed by atoms with E-state index in [9.17, 15) is 4.79 Å². The van der Waals surface area contributed by atoms with Crippen LogP contribution in [0.4, 0.5) is 0 Å². The van der Waals surface area contributed by atoms with Crippen molar-refractivity contribution < 1.29 is 9.53 Å². The molecule has 1 amide bonds. The fourth-order valence-corrected chi connectivity index (χ4v) is 3.92. The molecule has 0 aliphatic carbocycles. The molecule has 1 fully saturated rings. The zero-order valence-corrected chi connectivity index (χ0v) is 17.4. The number of carbonyl (C=O) groups excluding carboxylic acids is 1. The van der Waals surface area contributed by atoms with Gasteiger partial charge in [-0.3, -0.25) is 4.79 Å². The van der Waals surface area contributed by atoms with Crippen molar-refractivity contribution in [1.29, 1.82) is 0 Å². The van der Waals surface area contributed by atoms with Gasteiger partial charge in [-0.05, 0) is 76.8 Å². The molecule has 0 unspecified atom stereocenters. The number of ether oxygens (including phenoxy) is 1. The zero-order chi connectivity index (χ0) is 19.7. The Kier molecular flexibility index (Phi) is 5.70. The molecule has 2 atom stereocenters. The lowest BCUT2D eigenvalue weighted by atomic mass is 10.1. The summed E-state index contributed by atoms with van der Waals surface area (Å²) in [6.07, 6.45) is 1.45. The summed E-state index contributed by atoms with van der Waals surface area (Å²) in [4.78, 5) is 14.6. The Morgan fingerprint density at radius 3 is 2.41 bits per heavy atom. The van der Waals surface area contributed by atoms with E-state index >= 15 is 0 Å². The van der Waals surface area contributed by atoms with Gasteiger partial charge in [-0.15, -0.1) is 0 Å². The number of aromatic nitrogens is 2. The van der Waals surface area contributed by atoms with Crippen LogP contribution in [0, 0.1) is 27.7 Å². The van der Waals surface area contributed by atoms with Crippen molar-refractivity contribution in [3.05, 3.63) is 46.3 Å². The van der Waals surface area contributed by atoms with Crippen molar-refractivity contribution >= 4 is 5.91 Å². The number of amides is 1. The number of carbonyl (C=O) groups is 1. The molecule has 2 aromatic rings. The summed E-state index contributed by atoms with van der Waals surface area (Å²) in [5, 5.41) is 4.74. The Hall–Kier alpha value is -2.14. The summed E-state index contributed by atoms with van der Waals surface area (Å²) < 4.78 is 7.73. The van der Waals surface area contributed by atoms with Crippen LogP contribution in [0.2, 0.25) is 0 Å². The van der Waals surface area contributed by atoms with E-state index in [1.54, 1.807) is 0 Å². The molecule has 1 aromatic heterocycles. The van der Waals surface area contributed by atoms with E-state index in [-0.39, 0.29) is 18.1 Å². The molecule has 5 nitrogen and oxygen atoms in total. The topological polar surface area (TPSA) is 47.4 Å². The largest absolute Gasteiger partial charge is 0.372 e. The Labute approximate surface area is 162 Å². The molecule has 5 heteroatoms. The maximum absolute atomic E-state index is 12.7.